The molecule has 0 spiro atoms. The summed E-state index contributed by atoms with van der Waals surface area (Å²) in [6, 6.07) is 5.18. The maximum Gasteiger partial charge on any atom is 1.00 e. The Bertz CT molecular complexity index is 614. The van der Waals surface area contributed by atoms with Gasteiger partial charge in [0.05, 0.1) is 4.90 Å². The average molecular weight is 435 g/mol. The van der Waals surface area contributed by atoms with Crippen molar-refractivity contribution in [2.45, 2.75) is 115 Å². The fraction of sp³-hybridized carbons (Fsp3) is 0.739. The first kappa shape index (κ1) is 28.8. The van der Waals surface area contributed by atoms with Gasteiger partial charge < -0.3 is 4.55 Å². The first-order chi connectivity index (χ1) is 13.0. The Balaban J connectivity index is 0.00000729. The summed E-state index contributed by atoms with van der Waals surface area (Å²) in [6.45, 7) is 4.15. The van der Waals surface area contributed by atoms with Crippen molar-refractivity contribution < 1.29 is 64.4 Å². The van der Waals surface area contributed by atoms with E-state index in [2.05, 4.69) is 6.92 Å². The zero-order valence-corrected chi connectivity index (χ0v) is 22.4. The summed E-state index contributed by atoms with van der Waals surface area (Å²) in [4.78, 5) is -0.0564. The van der Waals surface area contributed by atoms with E-state index in [-0.39, 0.29) is 56.3 Å². The van der Waals surface area contributed by atoms with Crippen LogP contribution in [0.2, 0.25) is 0 Å². The van der Waals surface area contributed by atoms with Crippen LogP contribution in [0, 0.1) is 0 Å². The van der Waals surface area contributed by atoms with Gasteiger partial charge in [0.1, 0.15) is 10.1 Å². The van der Waals surface area contributed by atoms with Crippen molar-refractivity contribution in [2.24, 2.45) is 0 Å². The van der Waals surface area contributed by atoms with Gasteiger partial charge in [-0.1, -0.05) is 103 Å². The van der Waals surface area contributed by atoms with Crippen molar-refractivity contribution in [3.05, 3.63) is 29.3 Å². The predicted molar refractivity (Wildman–Crippen MR) is 113 cm³/mol. The quantitative estimate of drug-likeness (QED) is 0.226. The largest absolute Gasteiger partial charge is 1.00 e. The molecule has 0 saturated heterocycles. The Kier molecular flexibility index (Phi) is 17.9. The number of benzene rings is 1. The average Bonchev–Trinajstić information content (AvgIpc) is 2.64. The molecular formula is C23H39KO3S. The van der Waals surface area contributed by atoms with E-state index in [0.29, 0.717) is 12.0 Å². The van der Waals surface area contributed by atoms with Crippen molar-refractivity contribution in [3.63, 3.8) is 0 Å². The molecule has 0 aromatic heterocycles. The van der Waals surface area contributed by atoms with E-state index < -0.39 is 10.1 Å². The maximum absolute atomic E-state index is 11.3. The van der Waals surface area contributed by atoms with Crippen LogP contribution in [-0.2, 0) is 23.0 Å². The summed E-state index contributed by atoms with van der Waals surface area (Å²) >= 11 is 0. The van der Waals surface area contributed by atoms with Crippen LogP contribution >= 0.6 is 0 Å². The molecule has 0 bridgehead atoms. The van der Waals surface area contributed by atoms with Gasteiger partial charge in [-0.2, -0.15) is 0 Å². The maximum atomic E-state index is 11.3. The number of rotatable bonds is 16. The van der Waals surface area contributed by atoms with Gasteiger partial charge in [-0.05, 0) is 36.5 Å². The van der Waals surface area contributed by atoms with Crippen LogP contribution in [0.15, 0.2) is 23.1 Å². The van der Waals surface area contributed by atoms with E-state index in [1.165, 1.54) is 83.1 Å². The van der Waals surface area contributed by atoms with Crippen LogP contribution in [0.25, 0.3) is 0 Å². The molecule has 3 nitrogen and oxygen atoms in total. The smallest absolute Gasteiger partial charge is 0.744 e. The van der Waals surface area contributed by atoms with Crippen molar-refractivity contribution >= 4 is 10.1 Å². The molecule has 0 N–H and O–H groups in total. The Morgan fingerprint density at radius 2 is 1.21 bits per heavy atom. The van der Waals surface area contributed by atoms with Crippen LogP contribution in [0.3, 0.4) is 0 Å². The summed E-state index contributed by atoms with van der Waals surface area (Å²) in [7, 11) is -4.36. The van der Waals surface area contributed by atoms with Gasteiger partial charge in [0, 0.05) is 0 Å². The van der Waals surface area contributed by atoms with Gasteiger partial charge in [-0.15, -0.1) is 0 Å². The molecule has 0 heterocycles. The van der Waals surface area contributed by atoms with Crippen molar-refractivity contribution in [1.29, 1.82) is 0 Å². The Hall–Kier alpha value is 0.766. The molecule has 1 aromatic rings. The SMILES string of the molecule is CCCCCCCCCCCCCCCc1ccc(S(=O)(=O)[O-])c(CC)c1.[K+]. The zero-order chi connectivity index (χ0) is 20.0. The molecule has 0 aliphatic heterocycles. The minimum atomic E-state index is -4.36. The van der Waals surface area contributed by atoms with E-state index in [4.69, 9.17) is 0 Å². The second kappa shape index (κ2) is 17.4. The number of unbranched alkanes of at least 4 members (excludes halogenated alkanes) is 12. The van der Waals surface area contributed by atoms with Gasteiger partial charge in [-0.25, -0.2) is 8.42 Å². The summed E-state index contributed by atoms with van der Waals surface area (Å²) in [5.41, 5.74) is 1.79. The third-order valence-electron chi connectivity index (χ3n) is 5.34. The van der Waals surface area contributed by atoms with Gasteiger partial charge in [-0.3, -0.25) is 0 Å². The first-order valence-corrected chi connectivity index (χ1v) is 12.5. The molecule has 5 heteroatoms. The summed E-state index contributed by atoms with van der Waals surface area (Å²) in [6.07, 6.45) is 19.0. The molecule has 28 heavy (non-hydrogen) atoms. The Morgan fingerprint density at radius 3 is 1.64 bits per heavy atom. The number of hydrogen-bond acceptors (Lipinski definition) is 3. The van der Waals surface area contributed by atoms with Crippen LogP contribution < -0.4 is 51.4 Å². The van der Waals surface area contributed by atoms with Crippen LogP contribution in [-0.4, -0.2) is 13.0 Å². The van der Waals surface area contributed by atoms with Crippen LogP contribution in [0.4, 0.5) is 0 Å². The van der Waals surface area contributed by atoms with E-state index in [1.807, 2.05) is 13.0 Å². The van der Waals surface area contributed by atoms with Crippen molar-refractivity contribution in [3.8, 4) is 0 Å². The first-order valence-electron chi connectivity index (χ1n) is 11.1. The molecule has 0 amide bonds. The third kappa shape index (κ3) is 13.1. The molecule has 0 aliphatic carbocycles. The summed E-state index contributed by atoms with van der Waals surface area (Å²) < 4.78 is 33.8. The molecule has 1 rings (SSSR count). The molecule has 0 atom stereocenters. The molecule has 1 aromatic carbocycles. The summed E-state index contributed by atoms with van der Waals surface area (Å²) in [5.74, 6) is 0. The molecule has 156 valence electrons. The van der Waals surface area contributed by atoms with Gasteiger partial charge in [0.2, 0.25) is 0 Å². The normalized spacial score (nSPS) is 11.4. The summed E-state index contributed by atoms with van der Waals surface area (Å²) in [5, 5.41) is 0. The topological polar surface area (TPSA) is 57.2 Å². The second-order valence-corrected chi connectivity index (χ2v) is 9.09. The molecule has 0 unspecified atom stereocenters. The zero-order valence-electron chi connectivity index (χ0n) is 18.5. The number of hydrogen-bond donors (Lipinski definition) is 0. The third-order valence-corrected chi connectivity index (χ3v) is 6.28. The van der Waals surface area contributed by atoms with E-state index >= 15 is 0 Å². The standard InChI is InChI=1S/C23H40O3S.K/c1-3-5-6-7-8-9-10-11-12-13-14-15-16-17-21-18-19-23(27(24,25)26)22(4-2)20-21;/h18-20H,3-17H2,1-2H3,(H,24,25,26);/q;+1/p-1. The van der Waals surface area contributed by atoms with Gasteiger partial charge in [0.25, 0.3) is 0 Å². The fourth-order valence-electron chi connectivity index (χ4n) is 3.66. The van der Waals surface area contributed by atoms with Gasteiger partial charge in [0.15, 0.2) is 0 Å². The molecule has 0 radical (unpaired) electrons. The molecule has 0 saturated carbocycles. The van der Waals surface area contributed by atoms with Crippen LogP contribution in [0.1, 0.15) is 108 Å². The Labute approximate surface area is 216 Å². The van der Waals surface area contributed by atoms with E-state index in [9.17, 15) is 13.0 Å². The van der Waals surface area contributed by atoms with Crippen LogP contribution in [0.5, 0.6) is 0 Å². The Morgan fingerprint density at radius 1 is 0.750 bits per heavy atom. The predicted octanol–water partition coefficient (Wildman–Crippen LogP) is 3.79. The second-order valence-electron chi connectivity index (χ2n) is 7.74. The minimum absolute atomic E-state index is 0. The monoisotopic (exact) mass is 434 g/mol. The van der Waals surface area contributed by atoms with Crippen molar-refractivity contribution in [2.75, 3.05) is 0 Å². The minimum Gasteiger partial charge on any atom is -0.744 e. The number of aryl methyl sites for hydroxylation is 2. The van der Waals surface area contributed by atoms with E-state index in [0.717, 1.165) is 18.4 Å². The van der Waals surface area contributed by atoms with E-state index in [1.54, 1.807) is 6.07 Å². The fourth-order valence-corrected chi connectivity index (χ4v) is 4.41. The molecule has 0 fully saturated rings. The molecular weight excluding hydrogens is 395 g/mol. The van der Waals surface area contributed by atoms with Gasteiger partial charge >= 0.3 is 51.4 Å². The van der Waals surface area contributed by atoms with Crippen molar-refractivity contribution in [1.82, 2.24) is 0 Å². The molecule has 0 aliphatic rings.